The van der Waals surface area contributed by atoms with Crippen molar-refractivity contribution in [3.63, 3.8) is 0 Å². The number of halogens is 1. The number of rotatable bonds is 9. The molecule has 6 heteroatoms. The summed E-state index contributed by atoms with van der Waals surface area (Å²) in [5.74, 6) is 0.722. The monoisotopic (exact) mass is 403 g/mol. The molecule has 0 spiro atoms. The largest absolute Gasteiger partial charge is 0.337 e. The summed E-state index contributed by atoms with van der Waals surface area (Å²) < 4.78 is 17.6. The molecule has 0 bridgehead atoms. The van der Waals surface area contributed by atoms with E-state index in [0.29, 0.717) is 0 Å². The molecule has 0 N–H and O–H groups in total. The van der Waals surface area contributed by atoms with Crippen molar-refractivity contribution in [1.29, 1.82) is 0 Å². The van der Waals surface area contributed by atoms with Crippen molar-refractivity contribution in [1.82, 2.24) is 24.0 Å². The summed E-state index contributed by atoms with van der Waals surface area (Å²) in [6, 6.07) is 15.1. The van der Waals surface area contributed by atoms with Gasteiger partial charge in [-0.1, -0.05) is 12.1 Å². The first kappa shape index (κ1) is 20.0. The number of pyridine rings is 1. The van der Waals surface area contributed by atoms with Crippen molar-refractivity contribution in [3.8, 4) is 5.82 Å². The van der Waals surface area contributed by atoms with Crippen LogP contribution < -0.4 is 0 Å². The molecule has 1 aromatic carbocycles. The van der Waals surface area contributed by atoms with Gasteiger partial charge in [-0.3, -0.25) is 4.90 Å². The molecular formula is C24H26FN5. The van der Waals surface area contributed by atoms with E-state index in [4.69, 9.17) is 0 Å². The van der Waals surface area contributed by atoms with Gasteiger partial charge in [0.05, 0.1) is 6.33 Å². The minimum atomic E-state index is -0.204. The van der Waals surface area contributed by atoms with Crippen LogP contribution in [0.1, 0.15) is 23.2 Å². The number of hydrogen-bond donors (Lipinski definition) is 0. The van der Waals surface area contributed by atoms with Crippen LogP contribution >= 0.6 is 0 Å². The summed E-state index contributed by atoms with van der Waals surface area (Å²) in [5.41, 5.74) is 3.46. The molecule has 0 unspecified atom stereocenters. The molecule has 3 aromatic heterocycles. The molecule has 5 nitrogen and oxygen atoms in total. The van der Waals surface area contributed by atoms with Gasteiger partial charge >= 0.3 is 0 Å². The molecule has 0 fully saturated rings. The molecule has 4 aromatic rings. The van der Waals surface area contributed by atoms with Crippen LogP contribution in [0.5, 0.6) is 0 Å². The van der Waals surface area contributed by atoms with Crippen LogP contribution in [-0.4, -0.2) is 30.5 Å². The summed E-state index contributed by atoms with van der Waals surface area (Å²) in [5, 5.41) is 0. The van der Waals surface area contributed by atoms with Crippen molar-refractivity contribution < 1.29 is 4.39 Å². The highest BCUT2D eigenvalue weighted by Crippen LogP contribution is 2.16. The molecule has 154 valence electrons. The van der Waals surface area contributed by atoms with Gasteiger partial charge in [-0.2, -0.15) is 0 Å². The van der Waals surface area contributed by atoms with Crippen LogP contribution in [-0.2, 0) is 19.6 Å². The zero-order valence-electron chi connectivity index (χ0n) is 17.2. The van der Waals surface area contributed by atoms with E-state index >= 15 is 0 Å². The topological polar surface area (TPSA) is 38.9 Å². The molecule has 30 heavy (non-hydrogen) atoms. The third-order valence-corrected chi connectivity index (χ3v) is 5.14. The number of aryl methyl sites for hydroxylation is 2. The minimum Gasteiger partial charge on any atom is -0.337 e. The van der Waals surface area contributed by atoms with E-state index in [1.165, 1.54) is 23.4 Å². The third-order valence-electron chi connectivity index (χ3n) is 5.14. The van der Waals surface area contributed by atoms with Crippen LogP contribution in [0.4, 0.5) is 4.39 Å². The zero-order chi connectivity index (χ0) is 20.8. The van der Waals surface area contributed by atoms with Gasteiger partial charge in [-0.05, 0) is 60.9 Å². The second-order valence-corrected chi connectivity index (χ2v) is 7.55. The molecule has 0 saturated heterocycles. The Morgan fingerprint density at radius 3 is 2.63 bits per heavy atom. The Kier molecular flexibility index (Phi) is 6.35. The summed E-state index contributed by atoms with van der Waals surface area (Å²) in [7, 11) is 0. The highest BCUT2D eigenvalue weighted by atomic mass is 19.1. The van der Waals surface area contributed by atoms with E-state index in [1.54, 1.807) is 6.20 Å². The molecule has 0 atom stereocenters. The predicted octanol–water partition coefficient (Wildman–Crippen LogP) is 4.61. The van der Waals surface area contributed by atoms with E-state index in [-0.39, 0.29) is 5.82 Å². The van der Waals surface area contributed by atoms with E-state index in [0.717, 1.165) is 44.0 Å². The average Bonchev–Trinajstić information content (AvgIpc) is 3.42. The van der Waals surface area contributed by atoms with E-state index in [2.05, 4.69) is 55.3 Å². The first-order valence-corrected chi connectivity index (χ1v) is 10.2. The third kappa shape index (κ3) is 5.21. The molecular weight excluding hydrogens is 377 g/mol. The lowest BCUT2D eigenvalue weighted by atomic mass is 10.2. The Hall–Kier alpha value is -3.25. The van der Waals surface area contributed by atoms with Gasteiger partial charge in [0.15, 0.2) is 0 Å². The second-order valence-electron chi connectivity index (χ2n) is 7.55. The van der Waals surface area contributed by atoms with Crippen LogP contribution in [0.25, 0.3) is 5.82 Å². The maximum Gasteiger partial charge on any atom is 0.137 e. The Balaban J connectivity index is 1.50. The molecule has 0 saturated carbocycles. The Labute approximate surface area is 176 Å². The lowest BCUT2D eigenvalue weighted by Gasteiger charge is -2.23. The predicted molar refractivity (Wildman–Crippen MR) is 116 cm³/mol. The zero-order valence-corrected chi connectivity index (χ0v) is 17.2. The highest BCUT2D eigenvalue weighted by molar-refractivity contribution is 5.31. The lowest BCUT2D eigenvalue weighted by molar-refractivity contribution is 0.244. The lowest BCUT2D eigenvalue weighted by Crippen LogP contribution is -2.26. The summed E-state index contributed by atoms with van der Waals surface area (Å²) in [6.07, 6.45) is 10.5. The number of hydrogen-bond acceptors (Lipinski definition) is 3. The van der Waals surface area contributed by atoms with Crippen molar-refractivity contribution in [2.75, 3.05) is 6.54 Å². The summed E-state index contributed by atoms with van der Waals surface area (Å²) in [4.78, 5) is 11.0. The molecule has 0 radical (unpaired) electrons. The quantitative estimate of drug-likeness (QED) is 0.410. The smallest absolute Gasteiger partial charge is 0.137 e. The van der Waals surface area contributed by atoms with Crippen LogP contribution in [0, 0.1) is 12.7 Å². The summed E-state index contributed by atoms with van der Waals surface area (Å²) >= 11 is 0. The van der Waals surface area contributed by atoms with Crippen molar-refractivity contribution >= 4 is 0 Å². The number of benzene rings is 1. The van der Waals surface area contributed by atoms with Crippen molar-refractivity contribution in [2.45, 2.75) is 33.0 Å². The normalized spacial score (nSPS) is 11.3. The van der Waals surface area contributed by atoms with E-state index in [1.807, 2.05) is 36.9 Å². The van der Waals surface area contributed by atoms with Gasteiger partial charge in [-0.15, -0.1) is 0 Å². The Morgan fingerprint density at radius 2 is 1.87 bits per heavy atom. The van der Waals surface area contributed by atoms with E-state index in [9.17, 15) is 4.39 Å². The first-order valence-electron chi connectivity index (χ1n) is 10.2. The van der Waals surface area contributed by atoms with Crippen molar-refractivity contribution in [2.24, 2.45) is 0 Å². The highest BCUT2D eigenvalue weighted by Gasteiger charge is 2.12. The Bertz CT molecular complexity index is 1050. The molecule has 3 heterocycles. The first-order chi connectivity index (χ1) is 14.7. The average molecular weight is 404 g/mol. The standard InChI is InChI=1S/C24H26FN5/c1-20-9-10-27-24(16-20)30-14-2-4-23(30)18-29(13-3-12-28-15-11-26-19-28)17-21-5-7-22(25)8-6-21/h2,4-11,14-16,19H,3,12-13,17-18H2,1H3. The van der Waals surface area contributed by atoms with Crippen LogP contribution in [0.2, 0.25) is 0 Å². The van der Waals surface area contributed by atoms with Crippen LogP contribution in [0.15, 0.2) is 79.6 Å². The van der Waals surface area contributed by atoms with Gasteiger partial charge < -0.3 is 9.13 Å². The summed E-state index contributed by atoms with van der Waals surface area (Å²) in [6.45, 7) is 5.45. The minimum absolute atomic E-state index is 0.204. The van der Waals surface area contributed by atoms with E-state index < -0.39 is 0 Å². The second kappa shape index (κ2) is 9.50. The number of imidazole rings is 1. The van der Waals surface area contributed by atoms with Gasteiger partial charge in [0.2, 0.25) is 0 Å². The van der Waals surface area contributed by atoms with Gasteiger partial charge in [-0.25, -0.2) is 14.4 Å². The fourth-order valence-electron chi connectivity index (χ4n) is 3.61. The fraction of sp³-hybridized carbons (Fsp3) is 0.250. The maximum absolute atomic E-state index is 13.3. The molecule has 4 rings (SSSR count). The van der Waals surface area contributed by atoms with Gasteiger partial charge in [0, 0.05) is 56.7 Å². The Morgan fingerprint density at radius 1 is 1.00 bits per heavy atom. The number of aromatic nitrogens is 4. The number of nitrogens with zero attached hydrogens (tertiary/aromatic N) is 5. The van der Waals surface area contributed by atoms with Crippen molar-refractivity contribution in [3.05, 3.63) is 102 Å². The maximum atomic E-state index is 13.3. The molecule has 0 amide bonds. The van der Waals surface area contributed by atoms with Crippen LogP contribution in [0.3, 0.4) is 0 Å². The fourth-order valence-corrected chi connectivity index (χ4v) is 3.61. The SMILES string of the molecule is Cc1ccnc(-n2cccc2CN(CCCn2ccnc2)Cc2ccc(F)cc2)c1. The molecule has 0 aliphatic rings. The van der Waals surface area contributed by atoms with Gasteiger partial charge in [0.1, 0.15) is 11.6 Å². The molecule has 0 aliphatic carbocycles. The van der Waals surface area contributed by atoms with Gasteiger partial charge in [0.25, 0.3) is 0 Å². The molecule has 0 aliphatic heterocycles.